The summed E-state index contributed by atoms with van der Waals surface area (Å²) in [4.78, 5) is 24.7. The van der Waals surface area contributed by atoms with Crippen molar-refractivity contribution < 1.29 is 9.59 Å². The second-order valence-corrected chi connectivity index (χ2v) is 4.21. The van der Waals surface area contributed by atoms with Gasteiger partial charge in [-0.2, -0.15) is 0 Å². The maximum Gasteiger partial charge on any atom is 0.219 e. The van der Waals surface area contributed by atoms with Crippen molar-refractivity contribution >= 4 is 11.7 Å². The molecule has 1 aliphatic rings. The SMILES string of the molecule is CNC(=O)CCCCC(=O)C1=CN(C)C=CC1. The standard InChI is InChI=1S/C13H20N2O2/c1-14-13(17)8-4-3-7-12(16)11-6-5-9-15(2)10-11/h5,9-10H,3-4,6-8H2,1-2H3,(H,14,17). The molecule has 0 saturated heterocycles. The van der Waals surface area contributed by atoms with Gasteiger partial charge < -0.3 is 10.2 Å². The predicted octanol–water partition coefficient (Wildman–Crippen LogP) is 1.59. The lowest BCUT2D eigenvalue weighted by Crippen LogP contribution is -2.17. The Morgan fingerprint density at radius 2 is 2.06 bits per heavy atom. The van der Waals surface area contributed by atoms with Crippen LogP contribution >= 0.6 is 0 Å². The average Bonchev–Trinajstić information content (AvgIpc) is 2.34. The number of unbranched alkanes of at least 4 members (excludes halogenated alkanes) is 1. The number of carbonyl (C=O) groups is 2. The highest BCUT2D eigenvalue weighted by Gasteiger charge is 2.11. The normalized spacial score (nSPS) is 14.5. The lowest BCUT2D eigenvalue weighted by atomic mass is 10.0. The average molecular weight is 236 g/mol. The van der Waals surface area contributed by atoms with Crippen molar-refractivity contribution in [3.8, 4) is 0 Å². The lowest BCUT2D eigenvalue weighted by molar-refractivity contribution is -0.121. The monoisotopic (exact) mass is 236 g/mol. The molecule has 4 heteroatoms. The quantitative estimate of drug-likeness (QED) is 0.713. The molecule has 0 aromatic heterocycles. The van der Waals surface area contributed by atoms with Gasteiger partial charge in [0.15, 0.2) is 5.78 Å². The van der Waals surface area contributed by atoms with Crippen molar-refractivity contribution in [3.05, 3.63) is 24.0 Å². The highest BCUT2D eigenvalue weighted by molar-refractivity contribution is 5.95. The zero-order valence-corrected chi connectivity index (χ0v) is 10.5. The number of hydrogen-bond acceptors (Lipinski definition) is 3. The first-order valence-electron chi connectivity index (χ1n) is 5.96. The lowest BCUT2D eigenvalue weighted by Gasteiger charge is -2.15. The summed E-state index contributed by atoms with van der Waals surface area (Å²) in [5, 5.41) is 2.57. The van der Waals surface area contributed by atoms with Crippen LogP contribution in [0.3, 0.4) is 0 Å². The van der Waals surface area contributed by atoms with E-state index >= 15 is 0 Å². The molecular formula is C13H20N2O2. The Balaban J connectivity index is 2.24. The van der Waals surface area contributed by atoms with E-state index in [1.54, 1.807) is 7.05 Å². The molecule has 0 aromatic carbocycles. The van der Waals surface area contributed by atoms with Gasteiger partial charge in [0.1, 0.15) is 0 Å². The fraction of sp³-hybridized carbons (Fsp3) is 0.538. The molecule has 0 aromatic rings. The van der Waals surface area contributed by atoms with Gasteiger partial charge in [0.05, 0.1) is 0 Å². The highest BCUT2D eigenvalue weighted by Crippen LogP contribution is 2.15. The molecule has 0 bridgehead atoms. The Kier molecular flexibility index (Phi) is 5.46. The number of nitrogens with one attached hydrogen (secondary N) is 1. The Bertz CT molecular complexity index is 345. The summed E-state index contributed by atoms with van der Waals surface area (Å²) >= 11 is 0. The largest absolute Gasteiger partial charge is 0.359 e. The number of hydrogen-bond donors (Lipinski definition) is 1. The number of amides is 1. The second-order valence-electron chi connectivity index (χ2n) is 4.21. The Labute approximate surface area is 102 Å². The molecule has 1 aliphatic heterocycles. The minimum atomic E-state index is 0.0389. The third-order valence-electron chi connectivity index (χ3n) is 2.73. The molecule has 1 heterocycles. The van der Waals surface area contributed by atoms with Crippen LogP contribution in [0.5, 0.6) is 0 Å². The molecule has 0 fully saturated rings. The van der Waals surface area contributed by atoms with Crippen LogP contribution in [0.2, 0.25) is 0 Å². The van der Waals surface area contributed by atoms with Crippen LogP contribution in [0, 0.1) is 0 Å². The summed E-state index contributed by atoms with van der Waals surface area (Å²) in [5.41, 5.74) is 0.856. The van der Waals surface area contributed by atoms with Crippen molar-refractivity contribution in [3.63, 3.8) is 0 Å². The first-order valence-corrected chi connectivity index (χ1v) is 5.96. The van der Waals surface area contributed by atoms with Crippen LogP contribution < -0.4 is 5.32 Å². The Morgan fingerprint density at radius 3 is 2.71 bits per heavy atom. The van der Waals surface area contributed by atoms with Gasteiger partial charge in [-0.05, 0) is 25.5 Å². The van der Waals surface area contributed by atoms with Crippen molar-refractivity contribution in [1.82, 2.24) is 10.2 Å². The molecule has 1 rings (SSSR count). The predicted molar refractivity (Wildman–Crippen MR) is 67.1 cm³/mol. The number of ketones is 1. The molecule has 0 spiro atoms. The summed E-state index contributed by atoms with van der Waals surface area (Å²) in [6.45, 7) is 0. The number of Topliss-reactive ketones (excluding diaryl/α,β-unsaturated/α-hetero) is 1. The number of rotatable bonds is 6. The Morgan fingerprint density at radius 1 is 1.35 bits per heavy atom. The second kappa shape index (κ2) is 6.89. The van der Waals surface area contributed by atoms with Crippen molar-refractivity contribution in [1.29, 1.82) is 0 Å². The van der Waals surface area contributed by atoms with E-state index in [0.717, 1.165) is 24.8 Å². The molecule has 1 amide bonds. The first kappa shape index (κ1) is 13.5. The van der Waals surface area contributed by atoms with Gasteiger partial charge in [-0.3, -0.25) is 9.59 Å². The van der Waals surface area contributed by atoms with E-state index in [1.165, 1.54) is 0 Å². The molecule has 17 heavy (non-hydrogen) atoms. The molecule has 1 N–H and O–H groups in total. The van der Waals surface area contributed by atoms with E-state index < -0.39 is 0 Å². The topological polar surface area (TPSA) is 49.4 Å². The zero-order chi connectivity index (χ0) is 12.7. The minimum absolute atomic E-state index is 0.0389. The molecule has 0 unspecified atom stereocenters. The van der Waals surface area contributed by atoms with Crippen LogP contribution in [0.25, 0.3) is 0 Å². The number of carbonyl (C=O) groups excluding carboxylic acids is 2. The summed E-state index contributed by atoms with van der Waals surface area (Å²) in [7, 11) is 3.54. The summed E-state index contributed by atoms with van der Waals surface area (Å²) in [5.74, 6) is 0.232. The van der Waals surface area contributed by atoms with E-state index in [4.69, 9.17) is 0 Å². The van der Waals surface area contributed by atoms with Crippen LogP contribution in [-0.2, 0) is 9.59 Å². The molecule has 0 aliphatic carbocycles. The fourth-order valence-electron chi connectivity index (χ4n) is 1.73. The third kappa shape index (κ3) is 4.85. The van der Waals surface area contributed by atoms with Crippen molar-refractivity contribution in [2.24, 2.45) is 0 Å². The fourth-order valence-corrected chi connectivity index (χ4v) is 1.73. The van der Waals surface area contributed by atoms with Crippen LogP contribution in [0.4, 0.5) is 0 Å². The third-order valence-corrected chi connectivity index (χ3v) is 2.73. The zero-order valence-electron chi connectivity index (χ0n) is 10.5. The molecular weight excluding hydrogens is 216 g/mol. The maximum atomic E-state index is 11.8. The van der Waals surface area contributed by atoms with Crippen LogP contribution in [0.1, 0.15) is 32.1 Å². The van der Waals surface area contributed by atoms with Crippen LogP contribution in [-0.4, -0.2) is 30.7 Å². The van der Waals surface area contributed by atoms with E-state index in [2.05, 4.69) is 5.32 Å². The van der Waals surface area contributed by atoms with E-state index in [0.29, 0.717) is 12.8 Å². The molecule has 4 nitrogen and oxygen atoms in total. The van der Waals surface area contributed by atoms with Gasteiger partial charge in [-0.25, -0.2) is 0 Å². The summed E-state index contributed by atoms with van der Waals surface area (Å²) in [6, 6.07) is 0. The number of nitrogens with zero attached hydrogens (tertiary/aromatic N) is 1. The minimum Gasteiger partial charge on any atom is -0.359 e. The summed E-state index contributed by atoms with van der Waals surface area (Å²) in [6.07, 6.45) is 9.11. The first-order chi connectivity index (χ1) is 8.13. The smallest absolute Gasteiger partial charge is 0.219 e. The van der Waals surface area contributed by atoms with Gasteiger partial charge in [0, 0.05) is 38.7 Å². The maximum absolute atomic E-state index is 11.8. The molecule has 0 radical (unpaired) electrons. The van der Waals surface area contributed by atoms with Gasteiger partial charge in [0.25, 0.3) is 0 Å². The number of allylic oxidation sites excluding steroid dienone is 2. The van der Waals surface area contributed by atoms with E-state index in [-0.39, 0.29) is 11.7 Å². The molecule has 0 atom stereocenters. The van der Waals surface area contributed by atoms with Crippen LogP contribution in [0.15, 0.2) is 24.0 Å². The van der Waals surface area contributed by atoms with Crippen molar-refractivity contribution in [2.45, 2.75) is 32.1 Å². The van der Waals surface area contributed by atoms with E-state index in [1.807, 2.05) is 30.4 Å². The van der Waals surface area contributed by atoms with E-state index in [9.17, 15) is 9.59 Å². The molecule has 0 saturated carbocycles. The van der Waals surface area contributed by atoms with Gasteiger partial charge in [-0.15, -0.1) is 0 Å². The van der Waals surface area contributed by atoms with Gasteiger partial charge in [-0.1, -0.05) is 6.08 Å². The Hall–Kier alpha value is -1.58. The van der Waals surface area contributed by atoms with Gasteiger partial charge >= 0.3 is 0 Å². The van der Waals surface area contributed by atoms with Gasteiger partial charge in [0.2, 0.25) is 5.91 Å². The summed E-state index contributed by atoms with van der Waals surface area (Å²) < 4.78 is 0. The highest BCUT2D eigenvalue weighted by atomic mass is 16.1. The molecule has 94 valence electrons. The van der Waals surface area contributed by atoms with Crippen molar-refractivity contribution in [2.75, 3.05) is 14.1 Å².